The van der Waals surface area contributed by atoms with Crippen LogP contribution < -0.4 is 5.32 Å². The lowest BCUT2D eigenvalue weighted by molar-refractivity contribution is 0.499. The minimum absolute atomic E-state index is 0.603. The van der Waals surface area contributed by atoms with Crippen molar-refractivity contribution in [2.24, 2.45) is 0 Å². The van der Waals surface area contributed by atoms with Crippen molar-refractivity contribution < 1.29 is 0 Å². The maximum atomic E-state index is 3.43. The standard InChI is InChI=1S/C17H23N/c1-3-4-9-17(18-2)13-14-10-11-15-7-5-6-8-16(15)12-14/h5-8,10-12,17-18H,3-4,9,13H2,1-2H3. The second-order valence-electron chi connectivity index (χ2n) is 5.01. The predicted octanol–water partition coefficient (Wildman–Crippen LogP) is 4.16. The number of nitrogens with one attached hydrogen (secondary N) is 1. The fourth-order valence-corrected chi connectivity index (χ4v) is 2.45. The van der Waals surface area contributed by atoms with E-state index in [4.69, 9.17) is 0 Å². The van der Waals surface area contributed by atoms with Gasteiger partial charge in [-0.05, 0) is 36.2 Å². The monoisotopic (exact) mass is 241 g/mol. The van der Waals surface area contributed by atoms with Gasteiger partial charge in [0.25, 0.3) is 0 Å². The van der Waals surface area contributed by atoms with E-state index in [0.717, 1.165) is 6.42 Å². The molecule has 0 aliphatic heterocycles. The van der Waals surface area contributed by atoms with Crippen LogP contribution in [0, 0.1) is 0 Å². The smallest absolute Gasteiger partial charge is 0.0104 e. The van der Waals surface area contributed by atoms with Crippen molar-refractivity contribution in [3.63, 3.8) is 0 Å². The van der Waals surface area contributed by atoms with Crippen LogP contribution in [0.3, 0.4) is 0 Å². The van der Waals surface area contributed by atoms with Crippen molar-refractivity contribution in [2.75, 3.05) is 7.05 Å². The van der Waals surface area contributed by atoms with Crippen LogP contribution in [0.15, 0.2) is 42.5 Å². The molecule has 1 atom stereocenters. The maximum absolute atomic E-state index is 3.43. The van der Waals surface area contributed by atoms with Gasteiger partial charge in [-0.3, -0.25) is 0 Å². The van der Waals surface area contributed by atoms with E-state index in [1.54, 1.807) is 0 Å². The molecule has 0 heterocycles. The number of likely N-dealkylation sites (N-methyl/N-ethyl adjacent to an activating group) is 1. The summed E-state index contributed by atoms with van der Waals surface area (Å²) in [4.78, 5) is 0. The molecule has 0 amide bonds. The van der Waals surface area contributed by atoms with E-state index in [1.807, 2.05) is 0 Å². The Bertz CT molecular complexity index is 490. The van der Waals surface area contributed by atoms with Crippen molar-refractivity contribution in [3.8, 4) is 0 Å². The van der Waals surface area contributed by atoms with Gasteiger partial charge in [-0.25, -0.2) is 0 Å². The number of hydrogen-bond acceptors (Lipinski definition) is 1. The third kappa shape index (κ3) is 3.33. The van der Waals surface area contributed by atoms with Crippen molar-refractivity contribution in [2.45, 2.75) is 38.6 Å². The van der Waals surface area contributed by atoms with Gasteiger partial charge in [-0.2, -0.15) is 0 Å². The molecule has 1 N–H and O–H groups in total. The summed E-state index contributed by atoms with van der Waals surface area (Å²) in [5, 5.41) is 6.11. The first-order chi connectivity index (χ1) is 8.83. The van der Waals surface area contributed by atoms with Crippen molar-refractivity contribution >= 4 is 10.8 Å². The molecule has 1 unspecified atom stereocenters. The molecule has 0 aliphatic carbocycles. The molecule has 0 saturated carbocycles. The highest BCUT2D eigenvalue weighted by atomic mass is 14.9. The Morgan fingerprint density at radius 2 is 1.83 bits per heavy atom. The molecule has 0 saturated heterocycles. The van der Waals surface area contributed by atoms with Gasteiger partial charge in [0.2, 0.25) is 0 Å². The van der Waals surface area contributed by atoms with Crippen LogP contribution in [0.4, 0.5) is 0 Å². The minimum atomic E-state index is 0.603. The molecule has 0 aromatic heterocycles. The van der Waals surface area contributed by atoms with Crippen LogP contribution in [0.5, 0.6) is 0 Å². The zero-order valence-electron chi connectivity index (χ0n) is 11.4. The topological polar surface area (TPSA) is 12.0 Å². The Hall–Kier alpha value is -1.34. The summed E-state index contributed by atoms with van der Waals surface area (Å²) in [5.41, 5.74) is 1.43. The van der Waals surface area contributed by atoms with E-state index in [-0.39, 0.29) is 0 Å². The molecular weight excluding hydrogens is 218 g/mol. The Morgan fingerprint density at radius 3 is 2.56 bits per heavy atom. The molecule has 18 heavy (non-hydrogen) atoms. The zero-order chi connectivity index (χ0) is 12.8. The van der Waals surface area contributed by atoms with Gasteiger partial charge in [0, 0.05) is 6.04 Å². The number of unbranched alkanes of at least 4 members (excludes halogenated alkanes) is 1. The van der Waals surface area contributed by atoms with Gasteiger partial charge in [-0.15, -0.1) is 0 Å². The van der Waals surface area contributed by atoms with Gasteiger partial charge >= 0.3 is 0 Å². The first kappa shape index (κ1) is 13.1. The average molecular weight is 241 g/mol. The van der Waals surface area contributed by atoms with Gasteiger partial charge in [-0.1, -0.05) is 62.2 Å². The normalized spacial score (nSPS) is 12.8. The highest BCUT2D eigenvalue weighted by Crippen LogP contribution is 2.17. The summed E-state index contributed by atoms with van der Waals surface area (Å²) in [6.07, 6.45) is 4.97. The zero-order valence-corrected chi connectivity index (χ0v) is 11.4. The quantitative estimate of drug-likeness (QED) is 0.800. The summed E-state index contributed by atoms with van der Waals surface area (Å²) in [7, 11) is 2.07. The molecule has 96 valence electrons. The molecule has 0 fully saturated rings. The predicted molar refractivity (Wildman–Crippen MR) is 80.0 cm³/mol. The van der Waals surface area contributed by atoms with E-state index >= 15 is 0 Å². The number of benzene rings is 2. The van der Waals surface area contributed by atoms with Gasteiger partial charge in [0.15, 0.2) is 0 Å². The van der Waals surface area contributed by atoms with Crippen LogP contribution in [0.1, 0.15) is 31.7 Å². The molecule has 0 spiro atoms. The lowest BCUT2D eigenvalue weighted by Gasteiger charge is -2.16. The molecule has 1 nitrogen and oxygen atoms in total. The summed E-state index contributed by atoms with van der Waals surface area (Å²) in [6.45, 7) is 2.25. The van der Waals surface area contributed by atoms with Crippen LogP contribution >= 0.6 is 0 Å². The highest BCUT2D eigenvalue weighted by Gasteiger charge is 2.06. The molecule has 0 radical (unpaired) electrons. The van der Waals surface area contributed by atoms with Gasteiger partial charge < -0.3 is 5.32 Å². The molecular formula is C17H23N. The van der Waals surface area contributed by atoms with E-state index in [1.165, 1.54) is 35.6 Å². The SMILES string of the molecule is CCCCC(Cc1ccc2ccccc2c1)NC. The van der Waals surface area contributed by atoms with Crippen LogP contribution in [-0.4, -0.2) is 13.1 Å². The van der Waals surface area contributed by atoms with Crippen molar-refractivity contribution in [1.29, 1.82) is 0 Å². The van der Waals surface area contributed by atoms with Gasteiger partial charge in [0.1, 0.15) is 0 Å². The second kappa shape index (κ2) is 6.55. The summed E-state index contributed by atoms with van der Waals surface area (Å²) >= 11 is 0. The third-order valence-corrected chi connectivity index (χ3v) is 3.61. The number of rotatable bonds is 6. The Labute approximate surface area is 110 Å². The van der Waals surface area contributed by atoms with E-state index in [9.17, 15) is 0 Å². The lowest BCUT2D eigenvalue weighted by Crippen LogP contribution is -2.27. The first-order valence-corrected chi connectivity index (χ1v) is 6.98. The summed E-state index contributed by atoms with van der Waals surface area (Å²) < 4.78 is 0. The van der Waals surface area contributed by atoms with Gasteiger partial charge in [0.05, 0.1) is 0 Å². The highest BCUT2D eigenvalue weighted by molar-refractivity contribution is 5.82. The van der Waals surface area contributed by atoms with E-state index < -0.39 is 0 Å². The molecule has 0 bridgehead atoms. The molecule has 2 rings (SSSR count). The molecule has 1 heteroatoms. The van der Waals surface area contributed by atoms with Crippen LogP contribution in [-0.2, 0) is 6.42 Å². The van der Waals surface area contributed by atoms with E-state index in [0.29, 0.717) is 6.04 Å². The Morgan fingerprint density at radius 1 is 1.06 bits per heavy atom. The van der Waals surface area contributed by atoms with Crippen LogP contribution in [0.25, 0.3) is 10.8 Å². The number of fused-ring (bicyclic) bond motifs is 1. The molecule has 0 aliphatic rings. The minimum Gasteiger partial charge on any atom is -0.317 e. The Kier molecular flexibility index (Phi) is 4.77. The summed E-state index contributed by atoms with van der Waals surface area (Å²) in [6, 6.07) is 16.0. The Balaban J connectivity index is 2.10. The third-order valence-electron chi connectivity index (χ3n) is 3.61. The second-order valence-corrected chi connectivity index (χ2v) is 5.01. The average Bonchev–Trinajstić information content (AvgIpc) is 2.43. The molecule has 2 aromatic carbocycles. The van der Waals surface area contributed by atoms with Crippen LogP contribution in [0.2, 0.25) is 0 Å². The fraction of sp³-hybridized carbons (Fsp3) is 0.412. The van der Waals surface area contributed by atoms with E-state index in [2.05, 4.69) is 61.8 Å². The number of hydrogen-bond donors (Lipinski definition) is 1. The maximum Gasteiger partial charge on any atom is 0.0104 e. The molecule has 2 aromatic rings. The fourth-order valence-electron chi connectivity index (χ4n) is 2.45. The lowest BCUT2D eigenvalue weighted by atomic mass is 9.99. The van der Waals surface area contributed by atoms with Crippen molar-refractivity contribution in [1.82, 2.24) is 5.32 Å². The first-order valence-electron chi connectivity index (χ1n) is 6.98. The largest absolute Gasteiger partial charge is 0.317 e. The summed E-state index contributed by atoms with van der Waals surface area (Å²) in [5.74, 6) is 0. The van der Waals surface area contributed by atoms with Crippen molar-refractivity contribution in [3.05, 3.63) is 48.0 Å².